The van der Waals surface area contributed by atoms with Crippen LogP contribution in [0, 0.1) is 11.2 Å². The van der Waals surface area contributed by atoms with Crippen LogP contribution in [0.4, 0.5) is 4.39 Å². The van der Waals surface area contributed by atoms with Gasteiger partial charge in [0.05, 0.1) is 5.41 Å². The molecule has 4 heteroatoms. The van der Waals surface area contributed by atoms with Gasteiger partial charge >= 0.3 is 5.97 Å². The molecule has 0 aliphatic heterocycles. The van der Waals surface area contributed by atoms with Gasteiger partial charge in [0.2, 0.25) is 0 Å². The average molecular weight is 237 g/mol. The van der Waals surface area contributed by atoms with Crippen LogP contribution >= 0.6 is 0 Å². The summed E-state index contributed by atoms with van der Waals surface area (Å²) in [6, 6.07) is 5.98. The number of hydrogen-bond donors (Lipinski definition) is 2. The molecule has 0 heterocycles. The monoisotopic (exact) mass is 237 g/mol. The maximum Gasteiger partial charge on any atom is 0.310 e. The second kappa shape index (κ2) is 4.45. The molecule has 0 spiro atoms. The Bertz CT molecular complexity index is 412. The maximum atomic E-state index is 12.9. The van der Waals surface area contributed by atoms with E-state index in [-0.39, 0.29) is 18.3 Å². The summed E-state index contributed by atoms with van der Waals surface area (Å²) in [5.74, 6) is -1.33. The first-order valence-corrected chi connectivity index (χ1v) is 5.79. The van der Waals surface area contributed by atoms with E-state index in [0.717, 1.165) is 12.0 Å². The zero-order valence-corrected chi connectivity index (χ0v) is 9.53. The lowest BCUT2D eigenvalue weighted by Gasteiger charge is -2.44. The van der Waals surface area contributed by atoms with Crippen LogP contribution in [0.25, 0.3) is 0 Å². The van der Waals surface area contributed by atoms with Gasteiger partial charge in [-0.3, -0.25) is 4.79 Å². The van der Waals surface area contributed by atoms with Crippen LogP contribution in [0.3, 0.4) is 0 Å². The number of aliphatic carboxylic acids is 1. The van der Waals surface area contributed by atoms with E-state index >= 15 is 0 Å². The molecule has 0 saturated heterocycles. The molecule has 17 heavy (non-hydrogen) atoms. The fraction of sp³-hybridized carbons (Fsp3) is 0.462. The predicted octanol–water partition coefficient (Wildman–Crippen LogP) is 2.12. The minimum atomic E-state index is -0.788. The third kappa shape index (κ3) is 1.93. The van der Waals surface area contributed by atoms with Crippen molar-refractivity contribution < 1.29 is 14.3 Å². The quantitative estimate of drug-likeness (QED) is 0.843. The van der Waals surface area contributed by atoms with E-state index in [1.54, 1.807) is 12.1 Å². The normalized spacial score (nSPS) is 19.4. The molecule has 3 N–H and O–H groups in total. The van der Waals surface area contributed by atoms with Crippen LogP contribution in [0.1, 0.15) is 30.7 Å². The predicted molar refractivity (Wildman–Crippen MR) is 62.1 cm³/mol. The molecule has 1 aliphatic carbocycles. The SMILES string of the molecule is NC[C@@H](c1ccc(F)cc1)C1(C(=O)O)CCC1. The van der Waals surface area contributed by atoms with E-state index in [9.17, 15) is 14.3 Å². The van der Waals surface area contributed by atoms with Crippen molar-refractivity contribution in [3.8, 4) is 0 Å². The number of benzene rings is 1. The molecule has 0 unspecified atom stereocenters. The molecule has 1 aromatic carbocycles. The smallest absolute Gasteiger partial charge is 0.310 e. The summed E-state index contributed by atoms with van der Waals surface area (Å²) in [4.78, 5) is 11.4. The van der Waals surface area contributed by atoms with Crippen molar-refractivity contribution in [2.75, 3.05) is 6.54 Å². The Kier molecular flexibility index (Phi) is 3.15. The van der Waals surface area contributed by atoms with E-state index in [1.165, 1.54) is 12.1 Å². The van der Waals surface area contributed by atoms with Gasteiger partial charge in [-0.15, -0.1) is 0 Å². The molecule has 1 fully saturated rings. The van der Waals surface area contributed by atoms with Gasteiger partial charge in [0.1, 0.15) is 5.82 Å². The van der Waals surface area contributed by atoms with Gasteiger partial charge in [0.15, 0.2) is 0 Å². The molecule has 3 nitrogen and oxygen atoms in total. The van der Waals surface area contributed by atoms with Crippen LogP contribution in [-0.4, -0.2) is 17.6 Å². The topological polar surface area (TPSA) is 63.3 Å². The molecule has 2 rings (SSSR count). The molecule has 0 aromatic heterocycles. The number of carbonyl (C=O) groups is 1. The summed E-state index contributed by atoms with van der Waals surface area (Å²) < 4.78 is 12.9. The van der Waals surface area contributed by atoms with Crippen LogP contribution in [0.5, 0.6) is 0 Å². The Balaban J connectivity index is 2.32. The first kappa shape index (κ1) is 12.0. The van der Waals surface area contributed by atoms with Crippen LogP contribution in [0.2, 0.25) is 0 Å². The Hall–Kier alpha value is -1.42. The molecule has 0 bridgehead atoms. The van der Waals surface area contributed by atoms with Crippen molar-refractivity contribution in [1.82, 2.24) is 0 Å². The molecule has 1 aliphatic rings. The summed E-state index contributed by atoms with van der Waals surface area (Å²) in [6.45, 7) is 0.276. The standard InChI is InChI=1S/C13H16FNO2/c14-10-4-2-9(3-5-10)11(8-15)13(12(16)17)6-1-7-13/h2-5,11H,1,6-8,15H2,(H,16,17)/t11-/m0/s1. The number of rotatable bonds is 4. The van der Waals surface area contributed by atoms with Gasteiger partial charge in [-0.05, 0) is 30.5 Å². The fourth-order valence-electron chi connectivity index (χ4n) is 2.64. The van der Waals surface area contributed by atoms with Crippen molar-refractivity contribution in [1.29, 1.82) is 0 Å². The van der Waals surface area contributed by atoms with E-state index in [0.29, 0.717) is 12.8 Å². The Morgan fingerprint density at radius 3 is 2.35 bits per heavy atom. The highest BCUT2D eigenvalue weighted by Crippen LogP contribution is 2.51. The van der Waals surface area contributed by atoms with Gasteiger partial charge in [0.25, 0.3) is 0 Å². The highest BCUT2D eigenvalue weighted by atomic mass is 19.1. The van der Waals surface area contributed by atoms with E-state index < -0.39 is 11.4 Å². The zero-order chi connectivity index (χ0) is 12.5. The molecule has 1 atom stereocenters. The first-order chi connectivity index (χ1) is 8.10. The largest absolute Gasteiger partial charge is 0.481 e. The molecule has 0 amide bonds. The highest BCUT2D eigenvalue weighted by Gasteiger charge is 2.50. The van der Waals surface area contributed by atoms with Crippen molar-refractivity contribution in [3.05, 3.63) is 35.6 Å². The number of hydrogen-bond acceptors (Lipinski definition) is 2. The Morgan fingerprint density at radius 2 is 2.00 bits per heavy atom. The van der Waals surface area contributed by atoms with Gasteiger partial charge in [-0.2, -0.15) is 0 Å². The maximum absolute atomic E-state index is 12.9. The summed E-state index contributed by atoms with van der Waals surface area (Å²) in [5, 5.41) is 9.37. The zero-order valence-electron chi connectivity index (χ0n) is 9.53. The minimum Gasteiger partial charge on any atom is -0.481 e. The molecule has 0 radical (unpaired) electrons. The van der Waals surface area contributed by atoms with Crippen molar-refractivity contribution in [2.24, 2.45) is 11.1 Å². The summed E-state index contributed by atoms with van der Waals surface area (Å²) in [5.41, 5.74) is 5.79. The third-order valence-corrected chi connectivity index (χ3v) is 3.85. The number of carboxylic acid groups (broad SMARTS) is 1. The van der Waals surface area contributed by atoms with Crippen LogP contribution in [0.15, 0.2) is 24.3 Å². The molecule has 1 aromatic rings. The van der Waals surface area contributed by atoms with Crippen molar-refractivity contribution in [3.63, 3.8) is 0 Å². The van der Waals surface area contributed by atoms with Gasteiger partial charge in [0, 0.05) is 12.5 Å². The molecule has 92 valence electrons. The Morgan fingerprint density at radius 1 is 1.41 bits per heavy atom. The van der Waals surface area contributed by atoms with Gasteiger partial charge in [-0.1, -0.05) is 18.6 Å². The first-order valence-electron chi connectivity index (χ1n) is 5.79. The lowest BCUT2D eigenvalue weighted by Crippen LogP contribution is -2.45. The van der Waals surface area contributed by atoms with Gasteiger partial charge in [-0.25, -0.2) is 4.39 Å². The second-order valence-corrected chi connectivity index (χ2v) is 4.65. The third-order valence-electron chi connectivity index (χ3n) is 3.85. The fourth-order valence-corrected chi connectivity index (χ4v) is 2.64. The molecular formula is C13H16FNO2. The number of halogens is 1. The van der Waals surface area contributed by atoms with E-state index in [2.05, 4.69) is 0 Å². The Labute approximate surface area is 99.4 Å². The van der Waals surface area contributed by atoms with Crippen molar-refractivity contribution >= 4 is 5.97 Å². The van der Waals surface area contributed by atoms with Gasteiger partial charge < -0.3 is 10.8 Å². The lowest BCUT2D eigenvalue weighted by molar-refractivity contribution is -0.156. The summed E-state index contributed by atoms with van der Waals surface area (Å²) in [7, 11) is 0. The van der Waals surface area contributed by atoms with Crippen molar-refractivity contribution in [2.45, 2.75) is 25.2 Å². The van der Waals surface area contributed by atoms with E-state index in [1.807, 2.05) is 0 Å². The number of nitrogens with two attached hydrogens (primary N) is 1. The van der Waals surface area contributed by atoms with Crippen LogP contribution in [-0.2, 0) is 4.79 Å². The summed E-state index contributed by atoms with van der Waals surface area (Å²) >= 11 is 0. The minimum absolute atomic E-state index is 0.227. The number of carboxylic acids is 1. The highest BCUT2D eigenvalue weighted by molar-refractivity contribution is 5.77. The van der Waals surface area contributed by atoms with Crippen LogP contribution < -0.4 is 5.73 Å². The molecule has 1 saturated carbocycles. The van der Waals surface area contributed by atoms with E-state index in [4.69, 9.17) is 5.73 Å². The second-order valence-electron chi connectivity index (χ2n) is 4.65. The lowest BCUT2D eigenvalue weighted by atomic mass is 9.59. The molecular weight excluding hydrogens is 221 g/mol. The summed E-state index contributed by atoms with van der Waals surface area (Å²) in [6.07, 6.45) is 2.23. The average Bonchev–Trinajstić information content (AvgIpc) is 2.24.